The summed E-state index contributed by atoms with van der Waals surface area (Å²) in [6, 6.07) is 14.3. The van der Waals surface area contributed by atoms with Crippen LogP contribution in [0, 0.1) is 0 Å². The number of nitrogens with zero attached hydrogens (tertiary/aromatic N) is 4. The van der Waals surface area contributed by atoms with Gasteiger partial charge in [0.25, 0.3) is 5.91 Å². The molecule has 1 heterocycles. The van der Waals surface area contributed by atoms with E-state index >= 15 is 0 Å². The summed E-state index contributed by atoms with van der Waals surface area (Å²) in [5.74, 6) is 0.0357. The van der Waals surface area contributed by atoms with E-state index in [0.717, 1.165) is 10.0 Å². The number of anilines is 1. The van der Waals surface area contributed by atoms with Gasteiger partial charge in [-0.15, -0.1) is 10.2 Å². The van der Waals surface area contributed by atoms with Crippen molar-refractivity contribution < 1.29 is 9.59 Å². The van der Waals surface area contributed by atoms with Crippen LogP contribution in [0.3, 0.4) is 0 Å². The number of carbonyl (C=O) groups excluding carboxylic acids is 2. The van der Waals surface area contributed by atoms with Crippen LogP contribution in [-0.2, 0) is 11.3 Å². The van der Waals surface area contributed by atoms with E-state index < -0.39 is 0 Å². The fourth-order valence-corrected chi connectivity index (χ4v) is 2.69. The number of nitrogens with one attached hydrogen (secondary N) is 2. The zero-order chi connectivity index (χ0) is 20.1. The van der Waals surface area contributed by atoms with Crippen LogP contribution in [0.2, 0.25) is 0 Å². The third-order valence-corrected chi connectivity index (χ3v) is 4.22. The highest BCUT2D eigenvalue weighted by Gasteiger charge is 2.11. The molecule has 2 N–H and O–H groups in total. The van der Waals surface area contributed by atoms with Crippen molar-refractivity contribution in [2.45, 2.75) is 26.4 Å². The Morgan fingerprint density at radius 3 is 2.39 bits per heavy atom. The quantitative estimate of drug-likeness (QED) is 0.610. The SMILES string of the molecule is CC(C)NC(=O)Cn1nnc(-c2ccc(NC(=O)c3ccc(Br)cc3)cc2)n1. The summed E-state index contributed by atoms with van der Waals surface area (Å²) in [6.45, 7) is 3.77. The molecule has 0 radical (unpaired) electrons. The molecule has 3 rings (SSSR count). The van der Waals surface area contributed by atoms with E-state index in [1.807, 2.05) is 26.0 Å². The molecule has 1 aromatic heterocycles. The highest BCUT2D eigenvalue weighted by atomic mass is 79.9. The van der Waals surface area contributed by atoms with Gasteiger partial charge in [0.1, 0.15) is 6.54 Å². The molecule has 0 atom stereocenters. The summed E-state index contributed by atoms with van der Waals surface area (Å²) in [6.07, 6.45) is 0. The minimum Gasteiger partial charge on any atom is -0.352 e. The second-order valence-electron chi connectivity index (χ2n) is 6.40. The molecule has 0 spiro atoms. The number of halogens is 1. The summed E-state index contributed by atoms with van der Waals surface area (Å²) in [7, 11) is 0. The Bertz CT molecular complexity index is 967. The second kappa shape index (κ2) is 8.75. The average Bonchev–Trinajstić information content (AvgIpc) is 3.10. The van der Waals surface area contributed by atoms with Crippen LogP contribution in [0.15, 0.2) is 53.0 Å². The van der Waals surface area contributed by atoms with E-state index in [1.165, 1.54) is 4.80 Å². The van der Waals surface area contributed by atoms with Gasteiger partial charge < -0.3 is 10.6 Å². The number of benzene rings is 2. The predicted molar refractivity (Wildman–Crippen MR) is 109 cm³/mol. The number of hydrogen-bond acceptors (Lipinski definition) is 5. The third-order valence-electron chi connectivity index (χ3n) is 3.69. The number of tetrazole rings is 1. The maximum Gasteiger partial charge on any atom is 0.255 e. The lowest BCUT2D eigenvalue weighted by Crippen LogP contribution is -2.33. The summed E-state index contributed by atoms with van der Waals surface area (Å²) in [5.41, 5.74) is 1.95. The standard InChI is InChI=1S/C19H19BrN6O2/c1-12(2)21-17(27)11-26-24-18(23-25-26)13-5-9-16(10-6-13)22-19(28)14-3-7-15(20)8-4-14/h3-10,12H,11H2,1-2H3,(H,21,27)(H,22,28). The third kappa shape index (κ3) is 5.23. The Hall–Kier alpha value is -3.07. The molecule has 3 aromatic rings. The first-order valence-corrected chi connectivity index (χ1v) is 9.44. The summed E-state index contributed by atoms with van der Waals surface area (Å²) in [5, 5.41) is 17.7. The zero-order valence-corrected chi connectivity index (χ0v) is 17.0. The molecule has 2 aromatic carbocycles. The molecule has 0 aliphatic heterocycles. The van der Waals surface area contributed by atoms with E-state index in [4.69, 9.17) is 0 Å². The van der Waals surface area contributed by atoms with Gasteiger partial charge in [-0.1, -0.05) is 15.9 Å². The molecule has 0 bridgehead atoms. The van der Waals surface area contributed by atoms with Crippen LogP contribution in [0.25, 0.3) is 11.4 Å². The first-order valence-electron chi connectivity index (χ1n) is 8.65. The van der Waals surface area contributed by atoms with Gasteiger partial charge in [0.15, 0.2) is 0 Å². The molecule has 0 fully saturated rings. The van der Waals surface area contributed by atoms with Crippen molar-refractivity contribution in [1.29, 1.82) is 0 Å². The van der Waals surface area contributed by atoms with Crippen molar-refractivity contribution in [3.63, 3.8) is 0 Å². The molecule has 0 saturated carbocycles. The fourth-order valence-electron chi connectivity index (χ4n) is 2.43. The van der Waals surface area contributed by atoms with Crippen LogP contribution in [0.4, 0.5) is 5.69 Å². The minimum absolute atomic E-state index is 0.00646. The Balaban J connectivity index is 1.63. The Labute approximate surface area is 170 Å². The van der Waals surface area contributed by atoms with Gasteiger partial charge in [-0.2, -0.15) is 4.80 Å². The lowest BCUT2D eigenvalue weighted by Gasteiger charge is -2.06. The topological polar surface area (TPSA) is 102 Å². The van der Waals surface area contributed by atoms with Gasteiger partial charge in [0.05, 0.1) is 0 Å². The number of amides is 2. The Morgan fingerprint density at radius 1 is 1.07 bits per heavy atom. The molecule has 0 aliphatic rings. The van der Waals surface area contributed by atoms with Crippen molar-refractivity contribution >= 4 is 33.4 Å². The Kier molecular flexibility index (Phi) is 6.15. The maximum atomic E-state index is 12.3. The molecule has 28 heavy (non-hydrogen) atoms. The number of carbonyl (C=O) groups is 2. The van der Waals surface area contributed by atoms with E-state index in [2.05, 4.69) is 42.0 Å². The van der Waals surface area contributed by atoms with E-state index in [1.54, 1.807) is 36.4 Å². The molecule has 0 aliphatic carbocycles. The van der Waals surface area contributed by atoms with Gasteiger partial charge in [-0.05, 0) is 67.6 Å². The molecule has 0 unspecified atom stereocenters. The molecule has 144 valence electrons. The van der Waals surface area contributed by atoms with Crippen LogP contribution < -0.4 is 10.6 Å². The van der Waals surface area contributed by atoms with Crippen molar-refractivity contribution in [2.24, 2.45) is 0 Å². The second-order valence-corrected chi connectivity index (χ2v) is 7.32. The maximum absolute atomic E-state index is 12.3. The van der Waals surface area contributed by atoms with Crippen LogP contribution in [-0.4, -0.2) is 38.1 Å². The van der Waals surface area contributed by atoms with Gasteiger partial charge in [-0.3, -0.25) is 9.59 Å². The molecular weight excluding hydrogens is 424 g/mol. The van der Waals surface area contributed by atoms with Crippen molar-refractivity contribution in [2.75, 3.05) is 5.32 Å². The number of aromatic nitrogens is 4. The summed E-state index contributed by atoms with van der Waals surface area (Å²) >= 11 is 3.34. The smallest absolute Gasteiger partial charge is 0.255 e. The first kappa shape index (κ1) is 19.7. The van der Waals surface area contributed by atoms with Crippen molar-refractivity contribution in [1.82, 2.24) is 25.5 Å². The van der Waals surface area contributed by atoms with Crippen molar-refractivity contribution in [3.8, 4) is 11.4 Å². The van der Waals surface area contributed by atoms with Crippen LogP contribution >= 0.6 is 15.9 Å². The molecule has 2 amide bonds. The summed E-state index contributed by atoms with van der Waals surface area (Å²) in [4.78, 5) is 25.3. The molecule has 9 heteroatoms. The lowest BCUT2D eigenvalue weighted by molar-refractivity contribution is -0.122. The summed E-state index contributed by atoms with van der Waals surface area (Å²) < 4.78 is 0.913. The Morgan fingerprint density at radius 2 is 1.75 bits per heavy atom. The van der Waals surface area contributed by atoms with Gasteiger partial charge in [0.2, 0.25) is 11.7 Å². The van der Waals surface area contributed by atoms with Crippen LogP contribution in [0.5, 0.6) is 0 Å². The fraction of sp³-hybridized carbons (Fsp3) is 0.211. The average molecular weight is 443 g/mol. The van der Waals surface area contributed by atoms with Gasteiger partial charge >= 0.3 is 0 Å². The van der Waals surface area contributed by atoms with E-state index in [9.17, 15) is 9.59 Å². The number of hydrogen-bond donors (Lipinski definition) is 2. The monoisotopic (exact) mass is 442 g/mol. The molecule has 0 saturated heterocycles. The first-order chi connectivity index (χ1) is 13.4. The van der Waals surface area contributed by atoms with Crippen LogP contribution in [0.1, 0.15) is 24.2 Å². The predicted octanol–water partition coefficient (Wildman–Crippen LogP) is 2.88. The van der Waals surface area contributed by atoms with Gasteiger partial charge in [-0.25, -0.2) is 0 Å². The van der Waals surface area contributed by atoms with E-state index in [0.29, 0.717) is 17.1 Å². The lowest BCUT2D eigenvalue weighted by atomic mass is 10.2. The van der Waals surface area contributed by atoms with Crippen molar-refractivity contribution in [3.05, 3.63) is 58.6 Å². The highest BCUT2D eigenvalue weighted by Crippen LogP contribution is 2.18. The normalized spacial score (nSPS) is 10.7. The van der Waals surface area contributed by atoms with E-state index in [-0.39, 0.29) is 24.4 Å². The number of rotatable bonds is 6. The zero-order valence-electron chi connectivity index (χ0n) is 15.4. The largest absolute Gasteiger partial charge is 0.352 e. The minimum atomic E-state index is -0.194. The molecule has 8 nitrogen and oxygen atoms in total. The van der Waals surface area contributed by atoms with Gasteiger partial charge in [0, 0.05) is 27.3 Å². The highest BCUT2D eigenvalue weighted by molar-refractivity contribution is 9.10. The molecular formula is C19H19BrN6O2.